The third-order valence-corrected chi connectivity index (χ3v) is 6.48. The van der Waals surface area contributed by atoms with Crippen LogP contribution in [0.2, 0.25) is 0 Å². The maximum atomic E-state index is 13.4. The van der Waals surface area contributed by atoms with Gasteiger partial charge in [-0.3, -0.25) is 4.79 Å². The highest BCUT2D eigenvalue weighted by molar-refractivity contribution is 7.94. The average molecular weight is 414 g/mol. The summed E-state index contributed by atoms with van der Waals surface area (Å²) in [7, 11) is -3.30. The molecule has 0 spiro atoms. The summed E-state index contributed by atoms with van der Waals surface area (Å²) in [5.74, 6) is 0.375. The molecule has 0 unspecified atom stereocenters. The fourth-order valence-electron chi connectivity index (χ4n) is 3.22. The summed E-state index contributed by atoms with van der Waals surface area (Å²) in [6, 6.07) is 12.2. The van der Waals surface area contributed by atoms with Gasteiger partial charge in [-0.05, 0) is 73.9 Å². The Balaban J connectivity index is 1.90. The Morgan fingerprint density at radius 1 is 1.10 bits per heavy atom. The van der Waals surface area contributed by atoms with Gasteiger partial charge in [-0.2, -0.15) is 0 Å². The van der Waals surface area contributed by atoms with Gasteiger partial charge < -0.3 is 9.64 Å². The Bertz CT molecular complexity index is 1010. The van der Waals surface area contributed by atoms with E-state index in [1.165, 1.54) is 5.41 Å². The van der Waals surface area contributed by atoms with E-state index < -0.39 is 15.9 Å². The molecular weight excluding hydrogens is 386 g/mol. The maximum Gasteiger partial charge on any atom is 0.258 e. The molecule has 6 heteroatoms. The number of ether oxygens (including phenoxy) is 1. The molecule has 0 N–H and O–H groups in total. The van der Waals surface area contributed by atoms with Crippen LogP contribution in [0, 0.1) is 13.8 Å². The van der Waals surface area contributed by atoms with Crippen LogP contribution in [-0.2, 0) is 9.84 Å². The topological polar surface area (TPSA) is 63.7 Å². The number of amides is 1. The van der Waals surface area contributed by atoms with Crippen molar-refractivity contribution in [1.82, 2.24) is 0 Å². The summed E-state index contributed by atoms with van der Waals surface area (Å²) in [6.45, 7) is 6.72. The van der Waals surface area contributed by atoms with E-state index in [2.05, 4.69) is 6.92 Å². The molecule has 0 aliphatic carbocycles. The first-order chi connectivity index (χ1) is 13.8. The number of carbonyl (C=O) groups is 1. The lowest BCUT2D eigenvalue weighted by atomic mass is 10.1. The van der Waals surface area contributed by atoms with Crippen LogP contribution in [0.4, 0.5) is 5.69 Å². The molecule has 29 heavy (non-hydrogen) atoms. The van der Waals surface area contributed by atoms with Crippen molar-refractivity contribution in [2.24, 2.45) is 0 Å². The Hall–Kier alpha value is -2.60. The monoisotopic (exact) mass is 413 g/mol. The van der Waals surface area contributed by atoms with Crippen molar-refractivity contribution in [3.63, 3.8) is 0 Å². The molecule has 1 heterocycles. The average Bonchev–Trinajstić information content (AvgIpc) is 3.05. The van der Waals surface area contributed by atoms with Crippen LogP contribution in [0.5, 0.6) is 5.75 Å². The van der Waals surface area contributed by atoms with Crippen molar-refractivity contribution >= 4 is 21.4 Å². The predicted molar refractivity (Wildman–Crippen MR) is 116 cm³/mol. The van der Waals surface area contributed by atoms with Crippen molar-refractivity contribution < 1.29 is 17.9 Å². The second-order valence-corrected chi connectivity index (χ2v) is 9.33. The third-order valence-electron chi connectivity index (χ3n) is 5.10. The second-order valence-electron chi connectivity index (χ2n) is 7.40. The third kappa shape index (κ3) is 5.07. The van der Waals surface area contributed by atoms with Crippen molar-refractivity contribution in [2.75, 3.05) is 17.3 Å². The van der Waals surface area contributed by atoms with Gasteiger partial charge in [0.05, 0.1) is 18.4 Å². The minimum atomic E-state index is -3.30. The summed E-state index contributed by atoms with van der Waals surface area (Å²) >= 11 is 0. The standard InChI is InChI=1S/C23H27NO4S/c1-4-5-13-28-22-10-7-19(8-11-22)23(25)24(21-12-14-29(26,27)16-21)20-9-6-17(2)18(3)15-20/h6-12,14-15,21H,4-5,13,16H2,1-3H3/t21-/m1/s1. The Morgan fingerprint density at radius 2 is 1.83 bits per heavy atom. The SMILES string of the molecule is CCCCOc1ccc(C(=O)N(c2ccc(C)c(C)c2)[C@@H]2C=CS(=O)(=O)C2)cc1. The van der Waals surface area contributed by atoms with Crippen LogP contribution >= 0.6 is 0 Å². The zero-order chi connectivity index (χ0) is 21.0. The Labute approximate surface area is 172 Å². The molecule has 0 saturated carbocycles. The van der Waals surface area contributed by atoms with E-state index in [4.69, 9.17) is 4.74 Å². The molecule has 1 atom stereocenters. The molecule has 0 aromatic heterocycles. The quantitative estimate of drug-likeness (QED) is 0.630. The van der Waals surface area contributed by atoms with Crippen molar-refractivity contribution in [3.8, 4) is 5.75 Å². The van der Waals surface area contributed by atoms with Gasteiger partial charge in [-0.15, -0.1) is 0 Å². The smallest absolute Gasteiger partial charge is 0.258 e. The number of benzene rings is 2. The minimum absolute atomic E-state index is 0.107. The van der Waals surface area contributed by atoms with Gasteiger partial charge in [0.2, 0.25) is 0 Å². The summed E-state index contributed by atoms with van der Waals surface area (Å²) in [4.78, 5) is 14.9. The molecule has 3 rings (SSSR count). The first-order valence-electron chi connectivity index (χ1n) is 9.85. The van der Waals surface area contributed by atoms with Gasteiger partial charge in [0.1, 0.15) is 5.75 Å². The van der Waals surface area contributed by atoms with E-state index in [9.17, 15) is 13.2 Å². The number of unbranched alkanes of at least 4 members (excludes halogenated alkanes) is 1. The predicted octanol–water partition coefficient (Wildman–Crippen LogP) is 4.44. The molecule has 1 aliphatic heterocycles. The number of nitrogens with zero attached hydrogens (tertiary/aromatic N) is 1. The lowest BCUT2D eigenvalue weighted by molar-refractivity contribution is 0.0983. The zero-order valence-electron chi connectivity index (χ0n) is 17.1. The molecular formula is C23H27NO4S. The van der Waals surface area contributed by atoms with E-state index >= 15 is 0 Å². The Morgan fingerprint density at radius 3 is 2.41 bits per heavy atom. The van der Waals surface area contributed by atoms with Gasteiger partial charge >= 0.3 is 0 Å². The second kappa shape index (κ2) is 8.82. The highest BCUT2D eigenvalue weighted by Crippen LogP contribution is 2.27. The lowest BCUT2D eigenvalue weighted by Gasteiger charge is -2.28. The molecule has 0 radical (unpaired) electrons. The van der Waals surface area contributed by atoms with Crippen LogP contribution in [-0.4, -0.2) is 32.7 Å². The van der Waals surface area contributed by atoms with Crippen molar-refractivity contribution in [3.05, 3.63) is 70.6 Å². The Kier molecular flexibility index (Phi) is 6.42. The van der Waals surface area contributed by atoms with Crippen LogP contribution in [0.25, 0.3) is 0 Å². The molecule has 0 saturated heterocycles. The summed E-state index contributed by atoms with van der Waals surface area (Å²) < 4.78 is 29.6. The van der Waals surface area contributed by atoms with E-state index in [-0.39, 0.29) is 11.7 Å². The minimum Gasteiger partial charge on any atom is -0.494 e. The van der Waals surface area contributed by atoms with Gasteiger partial charge in [0.25, 0.3) is 5.91 Å². The number of aryl methyl sites for hydroxylation is 2. The molecule has 2 aromatic rings. The maximum absolute atomic E-state index is 13.4. The van der Waals surface area contributed by atoms with Crippen molar-refractivity contribution in [2.45, 2.75) is 39.7 Å². The molecule has 1 aliphatic rings. The molecule has 0 fully saturated rings. The number of carbonyl (C=O) groups excluding carboxylic acids is 1. The number of sulfone groups is 1. The highest BCUT2D eigenvalue weighted by Gasteiger charge is 2.32. The first-order valence-corrected chi connectivity index (χ1v) is 11.6. The number of anilines is 1. The van der Waals surface area contributed by atoms with Gasteiger partial charge in [-0.25, -0.2) is 8.42 Å². The highest BCUT2D eigenvalue weighted by atomic mass is 32.2. The van der Waals surface area contributed by atoms with E-state index in [0.29, 0.717) is 17.9 Å². The molecule has 1 amide bonds. The van der Waals surface area contributed by atoms with E-state index in [1.54, 1.807) is 35.2 Å². The largest absolute Gasteiger partial charge is 0.494 e. The number of hydrogen-bond donors (Lipinski definition) is 0. The van der Waals surface area contributed by atoms with E-state index in [1.807, 2.05) is 32.0 Å². The zero-order valence-corrected chi connectivity index (χ0v) is 17.9. The van der Waals surface area contributed by atoms with Crippen LogP contribution in [0.1, 0.15) is 41.3 Å². The molecule has 2 aromatic carbocycles. The fraction of sp³-hybridized carbons (Fsp3) is 0.348. The van der Waals surface area contributed by atoms with Crippen LogP contribution < -0.4 is 9.64 Å². The molecule has 5 nitrogen and oxygen atoms in total. The molecule has 0 bridgehead atoms. The van der Waals surface area contributed by atoms with Crippen LogP contribution in [0.3, 0.4) is 0 Å². The molecule has 154 valence electrons. The van der Waals surface area contributed by atoms with Gasteiger partial charge in [0.15, 0.2) is 9.84 Å². The summed E-state index contributed by atoms with van der Waals surface area (Å²) in [6.07, 6.45) is 3.62. The lowest BCUT2D eigenvalue weighted by Crippen LogP contribution is -2.41. The first kappa shape index (κ1) is 21.1. The fourth-order valence-corrected chi connectivity index (χ4v) is 4.49. The van der Waals surface area contributed by atoms with E-state index in [0.717, 1.165) is 29.7 Å². The van der Waals surface area contributed by atoms with Crippen LogP contribution in [0.15, 0.2) is 53.9 Å². The number of rotatable bonds is 7. The van der Waals surface area contributed by atoms with Gasteiger partial charge in [-0.1, -0.05) is 19.4 Å². The van der Waals surface area contributed by atoms with Crippen molar-refractivity contribution in [1.29, 1.82) is 0 Å². The van der Waals surface area contributed by atoms with Gasteiger partial charge in [0, 0.05) is 16.7 Å². The summed E-state index contributed by atoms with van der Waals surface area (Å²) in [5, 5.41) is 1.20. The normalized spacial score (nSPS) is 17.3. The number of hydrogen-bond acceptors (Lipinski definition) is 4. The summed E-state index contributed by atoms with van der Waals surface area (Å²) in [5.41, 5.74) is 3.34.